The van der Waals surface area contributed by atoms with Gasteiger partial charge in [-0.25, -0.2) is 0 Å². The molecule has 1 aromatic carbocycles. The molecule has 0 unspecified atom stereocenters. The number of hydrogen-bond acceptors (Lipinski definition) is 3. The van der Waals surface area contributed by atoms with E-state index in [-0.39, 0.29) is 6.42 Å². The molecule has 0 aliphatic heterocycles. The molecule has 72 valence electrons. The summed E-state index contributed by atoms with van der Waals surface area (Å²) in [5, 5.41) is 17.3. The highest BCUT2D eigenvalue weighted by Crippen LogP contribution is 2.26. The van der Waals surface area contributed by atoms with E-state index in [9.17, 15) is 4.79 Å². The zero-order chi connectivity index (χ0) is 10.7. The summed E-state index contributed by atoms with van der Waals surface area (Å²) in [5.74, 6) is -0.979. The van der Waals surface area contributed by atoms with Gasteiger partial charge in [-0.15, -0.1) is 0 Å². The summed E-state index contributed by atoms with van der Waals surface area (Å²) < 4.78 is 0.461. The first-order chi connectivity index (χ1) is 6.56. The highest BCUT2D eigenvalue weighted by atomic mass is 79.9. The maximum atomic E-state index is 10.5. The molecule has 0 spiro atoms. The summed E-state index contributed by atoms with van der Waals surface area (Å²) in [6.45, 7) is 0. The molecule has 0 aliphatic rings. The molecule has 5 heteroatoms. The van der Waals surface area contributed by atoms with E-state index in [0.717, 1.165) is 0 Å². The van der Waals surface area contributed by atoms with Crippen molar-refractivity contribution in [2.45, 2.75) is 6.42 Å². The van der Waals surface area contributed by atoms with Gasteiger partial charge in [-0.2, -0.15) is 5.26 Å². The molecule has 0 bridgehead atoms. The monoisotopic (exact) mass is 254 g/mol. The second-order valence-corrected chi connectivity index (χ2v) is 3.47. The van der Waals surface area contributed by atoms with Crippen LogP contribution in [-0.4, -0.2) is 11.1 Å². The van der Waals surface area contributed by atoms with E-state index in [1.165, 1.54) is 6.07 Å². The Kier molecular flexibility index (Phi) is 3.10. The minimum atomic E-state index is -0.979. The second kappa shape index (κ2) is 4.11. The van der Waals surface area contributed by atoms with Crippen molar-refractivity contribution in [3.63, 3.8) is 0 Å². The minimum absolute atomic E-state index is 0.193. The van der Waals surface area contributed by atoms with E-state index in [4.69, 9.17) is 16.1 Å². The number of nitriles is 1. The molecule has 0 fully saturated rings. The van der Waals surface area contributed by atoms with Gasteiger partial charge in [-0.1, -0.05) is 0 Å². The lowest BCUT2D eigenvalue weighted by molar-refractivity contribution is -0.136. The molecule has 3 N–H and O–H groups in total. The molecular weight excluding hydrogens is 248 g/mol. The van der Waals surface area contributed by atoms with Crippen molar-refractivity contribution in [3.8, 4) is 6.07 Å². The molecule has 0 saturated carbocycles. The van der Waals surface area contributed by atoms with Gasteiger partial charge in [0.2, 0.25) is 0 Å². The molecule has 0 amide bonds. The van der Waals surface area contributed by atoms with E-state index < -0.39 is 5.97 Å². The molecule has 1 aromatic rings. The van der Waals surface area contributed by atoms with Gasteiger partial charge in [0.15, 0.2) is 0 Å². The average Bonchev–Trinajstić information content (AvgIpc) is 2.12. The van der Waals surface area contributed by atoms with Gasteiger partial charge in [0.1, 0.15) is 6.07 Å². The maximum absolute atomic E-state index is 10.5. The fourth-order valence-corrected chi connectivity index (χ4v) is 1.64. The smallest absolute Gasteiger partial charge is 0.307 e. The number of hydrogen-bond donors (Lipinski definition) is 2. The topological polar surface area (TPSA) is 87.1 Å². The van der Waals surface area contributed by atoms with Crippen LogP contribution < -0.4 is 5.73 Å². The zero-order valence-corrected chi connectivity index (χ0v) is 8.71. The molecule has 0 saturated heterocycles. The van der Waals surface area contributed by atoms with Gasteiger partial charge < -0.3 is 10.8 Å². The summed E-state index contributed by atoms with van der Waals surface area (Å²) in [4.78, 5) is 10.5. The number of anilines is 1. The molecule has 0 radical (unpaired) electrons. The summed E-state index contributed by atoms with van der Waals surface area (Å²) >= 11 is 3.15. The third-order valence-corrected chi connectivity index (χ3v) is 2.63. The first kappa shape index (κ1) is 10.5. The Bertz CT molecular complexity index is 424. The lowest BCUT2D eigenvalue weighted by atomic mass is 10.1. The quantitative estimate of drug-likeness (QED) is 0.784. The number of nitrogens with zero attached hydrogens (tertiary/aromatic N) is 1. The fraction of sp³-hybridized carbons (Fsp3) is 0.111. The van der Waals surface area contributed by atoms with Crippen molar-refractivity contribution in [3.05, 3.63) is 27.7 Å². The molecule has 0 atom stereocenters. The highest BCUT2D eigenvalue weighted by molar-refractivity contribution is 9.10. The Morgan fingerprint density at radius 3 is 2.79 bits per heavy atom. The van der Waals surface area contributed by atoms with Gasteiger partial charge in [0.05, 0.1) is 12.0 Å². The number of carboxylic acids is 1. The van der Waals surface area contributed by atoms with Crippen LogP contribution in [0.5, 0.6) is 0 Å². The second-order valence-electron chi connectivity index (χ2n) is 2.68. The first-order valence-corrected chi connectivity index (χ1v) is 4.54. The van der Waals surface area contributed by atoms with Gasteiger partial charge in [0.25, 0.3) is 0 Å². The molecule has 14 heavy (non-hydrogen) atoms. The standard InChI is InChI=1S/C9H7BrN2O2/c10-9-5(4-11)1-2-7(12)6(9)3-8(13)14/h1-2H,3,12H2,(H,13,14). The number of halogens is 1. The fourth-order valence-electron chi connectivity index (χ4n) is 1.05. The van der Waals surface area contributed by atoms with Gasteiger partial charge in [0, 0.05) is 15.7 Å². The van der Waals surface area contributed by atoms with Gasteiger partial charge in [-0.05, 0) is 28.1 Å². The Morgan fingerprint density at radius 1 is 1.64 bits per heavy atom. The van der Waals surface area contributed by atoms with Crippen LogP contribution in [0.1, 0.15) is 11.1 Å². The van der Waals surface area contributed by atoms with E-state index in [2.05, 4.69) is 15.9 Å². The number of benzene rings is 1. The van der Waals surface area contributed by atoms with Crippen LogP contribution >= 0.6 is 15.9 Å². The van der Waals surface area contributed by atoms with Crippen LogP contribution in [0, 0.1) is 11.3 Å². The van der Waals surface area contributed by atoms with Crippen molar-refractivity contribution in [1.29, 1.82) is 5.26 Å². The molecule has 0 aromatic heterocycles. The number of rotatable bonds is 2. The predicted octanol–water partition coefficient (Wildman–Crippen LogP) is 1.53. The highest BCUT2D eigenvalue weighted by Gasteiger charge is 2.12. The number of aliphatic carboxylic acids is 1. The van der Waals surface area contributed by atoms with Crippen molar-refractivity contribution in [1.82, 2.24) is 0 Å². The molecule has 1 rings (SSSR count). The van der Waals surface area contributed by atoms with Crippen LogP contribution in [0.25, 0.3) is 0 Å². The minimum Gasteiger partial charge on any atom is -0.481 e. The third kappa shape index (κ3) is 2.03. The van der Waals surface area contributed by atoms with Crippen LogP contribution in [0.15, 0.2) is 16.6 Å². The maximum Gasteiger partial charge on any atom is 0.307 e. The molecule has 0 heterocycles. The average molecular weight is 255 g/mol. The van der Waals surface area contributed by atoms with Crippen LogP contribution in [0.3, 0.4) is 0 Å². The Labute approximate surface area is 89.1 Å². The van der Waals surface area contributed by atoms with E-state index in [1.807, 2.05) is 6.07 Å². The summed E-state index contributed by atoms with van der Waals surface area (Å²) in [7, 11) is 0. The number of nitrogens with two attached hydrogens (primary N) is 1. The van der Waals surface area contributed by atoms with Gasteiger partial charge >= 0.3 is 5.97 Å². The predicted molar refractivity (Wildman–Crippen MR) is 54.6 cm³/mol. The lowest BCUT2D eigenvalue weighted by Gasteiger charge is -2.06. The molecule has 4 nitrogen and oxygen atoms in total. The number of nitrogen functional groups attached to an aromatic ring is 1. The van der Waals surface area contributed by atoms with Gasteiger partial charge in [-0.3, -0.25) is 4.79 Å². The number of carboxylic acid groups (broad SMARTS) is 1. The number of carbonyl (C=O) groups is 1. The normalized spacial score (nSPS) is 9.43. The summed E-state index contributed by atoms with van der Waals surface area (Å²) in [6.07, 6.45) is -0.193. The summed E-state index contributed by atoms with van der Waals surface area (Å²) in [6, 6.07) is 5.02. The largest absolute Gasteiger partial charge is 0.481 e. The first-order valence-electron chi connectivity index (χ1n) is 3.75. The zero-order valence-electron chi connectivity index (χ0n) is 7.12. The Balaban J connectivity index is 3.27. The van der Waals surface area contributed by atoms with Crippen molar-refractivity contribution in [2.75, 3.05) is 5.73 Å². The van der Waals surface area contributed by atoms with Crippen LogP contribution in [-0.2, 0) is 11.2 Å². The SMILES string of the molecule is N#Cc1ccc(N)c(CC(=O)O)c1Br. The van der Waals surface area contributed by atoms with E-state index in [0.29, 0.717) is 21.3 Å². The molecule has 0 aliphatic carbocycles. The Morgan fingerprint density at radius 2 is 2.29 bits per heavy atom. The summed E-state index contributed by atoms with van der Waals surface area (Å²) in [5.41, 5.74) is 6.79. The molecular formula is C9H7BrN2O2. The lowest BCUT2D eigenvalue weighted by Crippen LogP contribution is -2.05. The van der Waals surface area contributed by atoms with Crippen LogP contribution in [0.2, 0.25) is 0 Å². The third-order valence-electron chi connectivity index (χ3n) is 1.73. The van der Waals surface area contributed by atoms with Crippen molar-refractivity contribution >= 4 is 27.6 Å². The van der Waals surface area contributed by atoms with E-state index >= 15 is 0 Å². The van der Waals surface area contributed by atoms with E-state index in [1.54, 1.807) is 6.07 Å². The van der Waals surface area contributed by atoms with Crippen LogP contribution in [0.4, 0.5) is 5.69 Å². The van der Waals surface area contributed by atoms with Crippen molar-refractivity contribution in [2.24, 2.45) is 0 Å². The Hall–Kier alpha value is -1.54. The van der Waals surface area contributed by atoms with Crippen molar-refractivity contribution < 1.29 is 9.90 Å².